The van der Waals surface area contributed by atoms with Crippen LogP contribution < -0.4 is 5.32 Å². The molecular weight excluding hydrogens is 196 g/mol. The summed E-state index contributed by atoms with van der Waals surface area (Å²) in [5.41, 5.74) is 0.893. The molecule has 0 atom stereocenters. The Balaban J connectivity index is 2.27. The van der Waals surface area contributed by atoms with Gasteiger partial charge in [-0.25, -0.2) is 0 Å². The molecular formula is C9H14N4O2. The minimum Gasteiger partial charge on any atom is -0.314 e. The van der Waals surface area contributed by atoms with E-state index in [0.29, 0.717) is 12.1 Å². The summed E-state index contributed by atoms with van der Waals surface area (Å²) in [5.74, 6) is 0. The first-order valence-corrected chi connectivity index (χ1v) is 4.92. The molecule has 1 aliphatic carbocycles. The maximum Gasteiger partial charge on any atom is 0.310 e. The average Bonchev–Trinajstić information content (AvgIpc) is 2.87. The molecule has 1 fully saturated rings. The van der Waals surface area contributed by atoms with Gasteiger partial charge in [0.05, 0.1) is 4.92 Å². The van der Waals surface area contributed by atoms with Crippen LogP contribution >= 0.6 is 0 Å². The first-order chi connectivity index (χ1) is 7.08. The van der Waals surface area contributed by atoms with Crippen LogP contribution in [0.15, 0.2) is 6.20 Å². The average molecular weight is 210 g/mol. The highest BCUT2D eigenvalue weighted by Crippen LogP contribution is 2.39. The van der Waals surface area contributed by atoms with Crippen molar-refractivity contribution in [1.82, 2.24) is 15.1 Å². The maximum absolute atomic E-state index is 10.8. The summed E-state index contributed by atoms with van der Waals surface area (Å²) < 4.78 is 1.59. The Morgan fingerprint density at radius 2 is 2.40 bits per heavy atom. The van der Waals surface area contributed by atoms with Crippen molar-refractivity contribution in [3.63, 3.8) is 0 Å². The number of likely N-dealkylation sites (N-methyl/N-ethyl adjacent to an activating group) is 1. The minimum absolute atomic E-state index is 0.0680. The van der Waals surface area contributed by atoms with Crippen molar-refractivity contribution in [2.45, 2.75) is 24.8 Å². The fourth-order valence-electron chi connectivity index (χ4n) is 1.80. The summed E-state index contributed by atoms with van der Waals surface area (Å²) in [4.78, 5) is 10.4. The molecule has 0 radical (unpaired) electrons. The van der Waals surface area contributed by atoms with Crippen molar-refractivity contribution in [2.75, 3.05) is 7.05 Å². The summed E-state index contributed by atoms with van der Waals surface area (Å²) in [6, 6.07) is 0. The second-order valence-electron chi connectivity index (χ2n) is 4.06. The van der Waals surface area contributed by atoms with E-state index in [1.807, 2.05) is 7.05 Å². The molecule has 0 amide bonds. The molecule has 6 nitrogen and oxygen atoms in total. The van der Waals surface area contributed by atoms with Crippen LogP contribution in [0.4, 0.5) is 5.69 Å². The molecule has 1 aliphatic rings. The molecule has 0 unspecified atom stereocenters. The van der Waals surface area contributed by atoms with Gasteiger partial charge in [-0.05, 0) is 19.9 Å². The van der Waals surface area contributed by atoms with E-state index < -0.39 is 0 Å². The van der Waals surface area contributed by atoms with Gasteiger partial charge in [0.2, 0.25) is 0 Å². The number of nitro groups is 1. The Hall–Kier alpha value is -1.43. The van der Waals surface area contributed by atoms with E-state index in [-0.39, 0.29) is 16.1 Å². The topological polar surface area (TPSA) is 73.0 Å². The highest BCUT2D eigenvalue weighted by Gasteiger charge is 2.43. The van der Waals surface area contributed by atoms with Crippen LogP contribution in [0.3, 0.4) is 0 Å². The fraction of sp³-hybridized carbons (Fsp3) is 0.667. The van der Waals surface area contributed by atoms with Crippen molar-refractivity contribution < 1.29 is 4.92 Å². The Morgan fingerprint density at radius 3 is 2.87 bits per heavy atom. The van der Waals surface area contributed by atoms with Crippen LogP contribution in [0.5, 0.6) is 0 Å². The summed E-state index contributed by atoms with van der Waals surface area (Å²) >= 11 is 0. The summed E-state index contributed by atoms with van der Waals surface area (Å²) in [5, 5.41) is 17.9. The third-order valence-electron chi connectivity index (χ3n) is 3.13. The van der Waals surface area contributed by atoms with Gasteiger partial charge in [-0.15, -0.1) is 0 Å². The van der Waals surface area contributed by atoms with Crippen molar-refractivity contribution >= 4 is 5.69 Å². The molecule has 1 saturated carbocycles. The highest BCUT2D eigenvalue weighted by atomic mass is 16.6. The quantitative estimate of drug-likeness (QED) is 0.584. The Morgan fingerprint density at radius 1 is 1.73 bits per heavy atom. The molecule has 6 heteroatoms. The molecule has 15 heavy (non-hydrogen) atoms. The second-order valence-corrected chi connectivity index (χ2v) is 4.06. The van der Waals surface area contributed by atoms with Gasteiger partial charge in [-0.1, -0.05) is 0 Å². The van der Waals surface area contributed by atoms with Gasteiger partial charge < -0.3 is 5.32 Å². The largest absolute Gasteiger partial charge is 0.314 e. The number of aryl methyl sites for hydroxylation is 1. The van der Waals surface area contributed by atoms with Crippen LogP contribution in [0, 0.1) is 10.1 Å². The van der Waals surface area contributed by atoms with Crippen molar-refractivity contribution in [1.29, 1.82) is 0 Å². The van der Waals surface area contributed by atoms with E-state index in [0.717, 1.165) is 12.8 Å². The van der Waals surface area contributed by atoms with E-state index in [2.05, 4.69) is 10.4 Å². The SMILES string of the molecule is CNC1(Cc2c([N+](=O)[O-])cnn2C)CC1. The maximum atomic E-state index is 10.8. The van der Waals surface area contributed by atoms with Crippen LogP contribution in [0.25, 0.3) is 0 Å². The van der Waals surface area contributed by atoms with E-state index in [1.54, 1.807) is 11.7 Å². The smallest absolute Gasteiger partial charge is 0.310 e. The van der Waals surface area contributed by atoms with Gasteiger partial charge in [0, 0.05) is 19.0 Å². The van der Waals surface area contributed by atoms with E-state index in [1.165, 1.54) is 6.20 Å². The Labute approximate surface area is 87.4 Å². The van der Waals surface area contributed by atoms with Crippen molar-refractivity contribution in [2.24, 2.45) is 7.05 Å². The Bertz CT molecular complexity index is 395. The van der Waals surface area contributed by atoms with Gasteiger partial charge in [-0.2, -0.15) is 5.10 Å². The van der Waals surface area contributed by atoms with E-state index in [4.69, 9.17) is 0 Å². The normalized spacial score (nSPS) is 17.7. The third-order valence-corrected chi connectivity index (χ3v) is 3.13. The molecule has 0 aliphatic heterocycles. The van der Waals surface area contributed by atoms with Crippen LogP contribution in [-0.4, -0.2) is 27.3 Å². The molecule has 82 valence electrons. The van der Waals surface area contributed by atoms with Gasteiger partial charge in [0.15, 0.2) is 0 Å². The van der Waals surface area contributed by atoms with Gasteiger partial charge in [-0.3, -0.25) is 14.8 Å². The summed E-state index contributed by atoms with van der Waals surface area (Å²) in [7, 11) is 3.64. The highest BCUT2D eigenvalue weighted by molar-refractivity contribution is 5.35. The van der Waals surface area contributed by atoms with Gasteiger partial charge in [0.25, 0.3) is 0 Å². The van der Waals surface area contributed by atoms with E-state index in [9.17, 15) is 10.1 Å². The number of hydrogen-bond acceptors (Lipinski definition) is 4. The van der Waals surface area contributed by atoms with Crippen LogP contribution in [-0.2, 0) is 13.5 Å². The summed E-state index contributed by atoms with van der Waals surface area (Å²) in [6.07, 6.45) is 4.15. The standard InChI is InChI=1S/C9H14N4O2/c1-10-9(3-4-9)5-7-8(13(14)15)6-11-12(7)2/h6,10H,3-5H2,1-2H3. The monoisotopic (exact) mass is 210 g/mol. The predicted octanol–water partition coefficient (Wildman–Crippen LogP) is 0.623. The molecule has 1 N–H and O–H groups in total. The minimum atomic E-state index is -0.367. The lowest BCUT2D eigenvalue weighted by Gasteiger charge is -2.13. The zero-order chi connectivity index (χ0) is 11.1. The van der Waals surface area contributed by atoms with E-state index >= 15 is 0 Å². The molecule has 1 aromatic heterocycles. The predicted molar refractivity (Wildman–Crippen MR) is 54.6 cm³/mol. The molecule has 0 saturated heterocycles. The molecule has 0 spiro atoms. The first-order valence-electron chi connectivity index (χ1n) is 4.92. The fourth-order valence-corrected chi connectivity index (χ4v) is 1.80. The van der Waals surface area contributed by atoms with Crippen LogP contribution in [0.2, 0.25) is 0 Å². The number of aromatic nitrogens is 2. The summed E-state index contributed by atoms with van der Waals surface area (Å²) in [6.45, 7) is 0. The lowest BCUT2D eigenvalue weighted by Crippen LogP contribution is -2.30. The molecule has 0 bridgehead atoms. The molecule has 1 aromatic rings. The zero-order valence-electron chi connectivity index (χ0n) is 8.86. The first kappa shape index (κ1) is 10.1. The van der Waals surface area contributed by atoms with Gasteiger partial charge in [0.1, 0.15) is 11.9 Å². The zero-order valence-corrected chi connectivity index (χ0v) is 8.86. The number of nitrogens with zero attached hydrogens (tertiary/aromatic N) is 3. The Kier molecular flexibility index (Phi) is 2.22. The lowest BCUT2D eigenvalue weighted by atomic mass is 10.1. The van der Waals surface area contributed by atoms with Gasteiger partial charge >= 0.3 is 5.69 Å². The lowest BCUT2D eigenvalue weighted by molar-refractivity contribution is -0.385. The van der Waals surface area contributed by atoms with Crippen LogP contribution in [0.1, 0.15) is 18.5 Å². The number of rotatable bonds is 4. The number of nitrogens with one attached hydrogen (secondary N) is 1. The number of hydrogen-bond donors (Lipinski definition) is 1. The third kappa shape index (κ3) is 1.72. The molecule has 0 aromatic carbocycles. The molecule has 2 rings (SSSR count). The van der Waals surface area contributed by atoms with Crippen molar-refractivity contribution in [3.8, 4) is 0 Å². The van der Waals surface area contributed by atoms with Crippen molar-refractivity contribution in [3.05, 3.63) is 22.0 Å². The second kappa shape index (κ2) is 3.30. The molecule has 1 heterocycles.